The lowest BCUT2D eigenvalue weighted by Crippen LogP contribution is -2.53. The highest BCUT2D eigenvalue weighted by Gasteiger charge is 2.60. The van der Waals surface area contributed by atoms with Crippen LogP contribution in [0.25, 0.3) is 0 Å². The van der Waals surface area contributed by atoms with Gasteiger partial charge >= 0.3 is 0 Å². The third-order valence-corrected chi connectivity index (χ3v) is 8.25. The van der Waals surface area contributed by atoms with Crippen molar-refractivity contribution in [1.29, 1.82) is 0 Å². The zero-order valence-electron chi connectivity index (χ0n) is 22.0. The second-order valence-electron chi connectivity index (χ2n) is 10.1. The second-order valence-corrected chi connectivity index (χ2v) is 10.8. The van der Waals surface area contributed by atoms with Crippen molar-refractivity contribution in [3.05, 3.63) is 150 Å². The van der Waals surface area contributed by atoms with E-state index in [1.54, 1.807) is 18.2 Å². The third kappa shape index (κ3) is 4.42. The molecule has 2 saturated heterocycles. The van der Waals surface area contributed by atoms with Gasteiger partial charge in [-0.3, -0.25) is 19.6 Å². The number of imide groups is 1. The number of hydrogen-bond acceptors (Lipinski definition) is 4. The average molecular weight is 593 g/mol. The van der Waals surface area contributed by atoms with E-state index in [4.69, 9.17) is 0 Å². The summed E-state index contributed by atoms with van der Waals surface area (Å²) in [5, 5.41) is 4.94. The molecule has 0 N–H and O–H groups in total. The highest BCUT2D eigenvalue weighted by Crippen LogP contribution is 2.52. The monoisotopic (exact) mass is 591 g/mol. The van der Waals surface area contributed by atoms with Crippen LogP contribution in [0.1, 0.15) is 29.5 Å². The predicted molar refractivity (Wildman–Crippen MR) is 162 cm³/mol. The molecule has 2 fully saturated rings. The second kappa shape index (κ2) is 11.1. The van der Waals surface area contributed by atoms with Crippen molar-refractivity contribution in [2.45, 2.75) is 24.4 Å². The van der Waals surface area contributed by atoms with Crippen LogP contribution in [-0.4, -0.2) is 33.1 Å². The number of amides is 2. The van der Waals surface area contributed by atoms with E-state index in [2.05, 4.69) is 75.0 Å². The summed E-state index contributed by atoms with van der Waals surface area (Å²) < 4.78 is 0. The van der Waals surface area contributed by atoms with Crippen molar-refractivity contribution in [2.75, 3.05) is 10.3 Å². The van der Waals surface area contributed by atoms with Gasteiger partial charge in [-0.15, -0.1) is 0 Å². The van der Waals surface area contributed by atoms with Gasteiger partial charge in [-0.1, -0.05) is 120 Å². The maximum atomic E-state index is 14.5. The number of allylic oxidation sites excluding steroid dienone is 5. The van der Waals surface area contributed by atoms with E-state index in [-0.39, 0.29) is 23.8 Å². The summed E-state index contributed by atoms with van der Waals surface area (Å²) in [6.07, 6.45) is 9.98. The van der Waals surface area contributed by atoms with Gasteiger partial charge in [0.1, 0.15) is 6.04 Å². The highest BCUT2D eigenvalue weighted by atomic mass is 79.9. The number of fused-ring (bicyclic) bond motifs is 3. The molecule has 4 unspecified atom stereocenters. The first-order chi connectivity index (χ1) is 19.6. The van der Waals surface area contributed by atoms with Gasteiger partial charge in [0.15, 0.2) is 0 Å². The Morgan fingerprint density at radius 1 is 0.850 bits per heavy atom. The lowest BCUT2D eigenvalue weighted by atomic mass is 9.79. The Morgan fingerprint density at radius 2 is 1.48 bits per heavy atom. The van der Waals surface area contributed by atoms with Crippen LogP contribution in [0, 0.1) is 5.92 Å². The Hall–Kier alpha value is -4.16. The first-order valence-electron chi connectivity index (χ1n) is 13.5. The Morgan fingerprint density at radius 3 is 2.10 bits per heavy atom. The van der Waals surface area contributed by atoms with Crippen LogP contribution >= 0.6 is 15.9 Å². The quantitative estimate of drug-likeness (QED) is 0.170. The van der Waals surface area contributed by atoms with Crippen LogP contribution in [0.5, 0.6) is 0 Å². The zero-order valence-corrected chi connectivity index (χ0v) is 23.6. The first-order valence-corrected chi connectivity index (χ1v) is 14.6. The smallest absolute Gasteiger partial charge is 0.259 e. The molecule has 3 aromatic carbocycles. The van der Waals surface area contributed by atoms with Gasteiger partial charge in [0.05, 0.1) is 23.3 Å². The Kier molecular flexibility index (Phi) is 7.27. The standard InChI is InChI=1S/C34H30BrN3O2/c1-2-13-26(20-12-21-35)36-33(39)31-29(24-14-6-3-7-15-24)22-28-23-30(25-16-8-4-9-17-25)37(27-18-10-5-11-19-27)38(28)32(31)34(36)40/h2-20,22,29-32H,1,21,23H2. The summed E-state index contributed by atoms with van der Waals surface area (Å²) in [6.45, 7) is 3.83. The van der Waals surface area contributed by atoms with Crippen LogP contribution in [0.3, 0.4) is 0 Å². The van der Waals surface area contributed by atoms with E-state index in [1.807, 2.05) is 60.7 Å². The van der Waals surface area contributed by atoms with Gasteiger partial charge in [0, 0.05) is 23.4 Å². The number of anilines is 1. The fraction of sp³-hybridized carbons (Fsp3) is 0.176. The summed E-state index contributed by atoms with van der Waals surface area (Å²) in [4.78, 5) is 30.1. The minimum atomic E-state index is -0.683. The minimum absolute atomic E-state index is 0.0153. The van der Waals surface area contributed by atoms with E-state index in [0.717, 1.165) is 28.9 Å². The molecule has 200 valence electrons. The lowest BCUT2D eigenvalue weighted by Gasteiger charge is -2.43. The SMILES string of the molecule is C=CC=C(C=CCBr)N1C(=O)C2C(c3ccccc3)C=C3CC(c4ccccc4)N(c4ccccc4)N3C2C1=O. The molecule has 0 bridgehead atoms. The van der Waals surface area contributed by atoms with E-state index in [0.29, 0.717) is 11.0 Å². The fourth-order valence-electron chi connectivity index (χ4n) is 6.26. The summed E-state index contributed by atoms with van der Waals surface area (Å²) in [6, 6.07) is 29.9. The fourth-order valence-corrected chi connectivity index (χ4v) is 6.45. The number of nitrogens with zero attached hydrogens (tertiary/aromatic N) is 3. The van der Waals surface area contributed by atoms with Gasteiger partial charge in [-0.2, -0.15) is 0 Å². The predicted octanol–water partition coefficient (Wildman–Crippen LogP) is 6.91. The number of rotatable bonds is 7. The van der Waals surface area contributed by atoms with Gasteiger partial charge in [0.2, 0.25) is 5.91 Å². The Bertz CT molecular complexity index is 1500. The molecule has 0 aromatic heterocycles. The molecule has 3 heterocycles. The number of benzene rings is 3. The maximum absolute atomic E-state index is 14.5. The molecule has 40 heavy (non-hydrogen) atoms. The largest absolute Gasteiger partial charge is 0.277 e. The minimum Gasteiger partial charge on any atom is -0.277 e. The number of hydrazine groups is 1. The van der Waals surface area contributed by atoms with Gasteiger partial charge in [-0.05, 0) is 35.4 Å². The highest BCUT2D eigenvalue weighted by molar-refractivity contribution is 9.09. The van der Waals surface area contributed by atoms with Gasteiger partial charge < -0.3 is 0 Å². The number of carbonyl (C=O) groups is 2. The number of alkyl halides is 1. The van der Waals surface area contributed by atoms with E-state index in [9.17, 15) is 9.59 Å². The number of hydrogen-bond donors (Lipinski definition) is 0. The molecule has 6 heteroatoms. The molecule has 0 aliphatic carbocycles. The summed E-state index contributed by atoms with van der Waals surface area (Å²) in [5.74, 6) is -1.22. The summed E-state index contributed by atoms with van der Waals surface area (Å²) in [5.41, 5.74) is 4.76. The van der Waals surface area contributed by atoms with Crippen molar-refractivity contribution >= 4 is 33.4 Å². The number of carbonyl (C=O) groups excluding carboxylic acids is 2. The van der Waals surface area contributed by atoms with E-state index < -0.39 is 12.0 Å². The lowest BCUT2D eigenvalue weighted by molar-refractivity contribution is -0.137. The van der Waals surface area contributed by atoms with Gasteiger partial charge in [-0.25, -0.2) is 4.90 Å². The van der Waals surface area contributed by atoms with Crippen molar-refractivity contribution in [2.24, 2.45) is 5.92 Å². The normalized spacial score (nSPS) is 24.4. The molecular weight excluding hydrogens is 562 g/mol. The van der Waals surface area contributed by atoms with Crippen LogP contribution in [0.2, 0.25) is 0 Å². The molecule has 0 radical (unpaired) electrons. The molecule has 6 rings (SSSR count). The molecule has 0 saturated carbocycles. The molecule has 3 aromatic rings. The average Bonchev–Trinajstić information content (AvgIpc) is 3.51. The molecular formula is C34H30BrN3O2. The number of para-hydroxylation sites is 1. The van der Waals surface area contributed by atoms with Gasteiger partial charge in [0.25, 0.3) is 5.91 Å². The molecule has 3 aliphatic rings. The first kappa shape index (κ1) is 26.1. The van der Waals surface area contributed by atoms with Crippen molar-refractivity contribution in [3.63, 3.8) is 0 Å². The molecule has 4 atom stereocenters. The Labute approximate surface area is 243 Å². The van der Waals surface area contributed by atoms with Crippen LogP contribution in [0.4, 0.5) is 5.69 Å². The molecule has 3 aliphatic heterocycles. The Balaban J connectivity index is 1.54. The third-order valence-electron chi connectivity index (χ3n) is 7.88. The molecule has 0 spiro atoms. The van der Waals surface area contributed by atoms with Crippen molar-refractivity contribution in [1.82, 2.24) is 9.91 Å². The molecule has 2 amide bonds. The summed E-state index contributed by atoms with van der Waals surface area (Å²) in [7, 11) is 0. The van der Waals surface area contributed by atoms with Crippen molar-refractivity contribution < 1.29 is 9.59 Å². The zero-order chi connectivity index (χ0) is 27.6. The van der Waals surface area contributed by atoms with Crippen LogP contribution < -0.4 is 5.01 Å². The molecule has 5 nitrogen and oxygen atoms in total. The van der Waals surface area contributed by atoms with Crippen LogP contribution in [-0.2, 0) is 9.59 Å². The topological polar surface area (TPSA) is 43.9 Å². The van der Waals surface area contributed by atoms with Crippen LogP contribution in [0.15, 0.2) is 139 Å². The number of halogens is 1. The number of likely N-dealkylation sites (tertiary alicyclic amines) is 1. The summed E-state index contributed by atoms with van der Waals surface area (Å²) >= 11 is 3.42. The van der Waals surface area contributed by atoms with Crippen molar-refractivity contribution in [3.8, 4) is 0 Å². The van der Waals surface area contributed by atoms with E-state index >= 15 is 0 Å². The van der Waals surface area contributed by atoms with E-state index in [1.165, 1.54) is 4.90 Å². The maximum Gasteiger partial charge on any atom is 0.259 e.